The number of nitrogens with zero attached hydrogens (tertiary/aromatic N) is 5. The minimum atomic E-state index is -0.411. The average Bonchev–Trinajstić information content (AvgIpc) is 3.20. The van der Waals surface area contributed by atoms with Gasteiger partial charge in [0.15, 0.2) is 5.82 Å². The Bertz CT molecular complexity index is 1360. The van der Waals surface area contributed by atoms with E-state index in [9.17, 15) is 9.18 Å². The molecule has 0 unspecified atom stereocenters. The van der Waals surface area contributed by atoms with Crippen LogP contribution in [0.3, 0.4) is 0 Å². The summed E-state index contributed by atoms with van der Waals surface area (Å²) in [6.45, 7) is 5.35. The van der Waals surface area contributed by atoms with Crippen molar-refractivity contribution in [2.75, 3.05) is 38.2 Å². The van der Waals surface area contributed by atoms with E-state index in [0.717, 1.165) is 56.8 Å². The molecule has 0 N–H and O–H groups in total. The van der Waals surface area contributed by atoms with Crippen LogP contribution in [0, 0.1) is 5.82 Å². The van der Waals surface area contributed by atoms with E-state index in [1.807, 2.05) is 24.4 Å². The number of hydrogen-bond donors (Lipinski definition) is 0. The first kappa shape index (κ1) is 25.6. The summed E-state index contributed by atoms with van der Waals surface area (Å²) in [5.41, 5.74) is 4.43. The smallest absolute Gasteiger partial charge is 0.337 e. The average molecular weight is 514 g/mol. The van der Waals surface area contributed by atoms with E-state index >= 15 is 0 Å². The first-order valence-corrected chi connectivity index (χ1v) is 13.0. The maximum absolute atomic E-state index is 13.4. The molecule has 0 amide bonds. The number of anilines is 1. The Morgan fingerprint density at radius 3 is 2.58 bits per heavy atom. The standard InChI is InChI=1S/C30H32FN5O2/c1-38-30(37)24-12-14-32-28(20-24)29-33-21-27(36(29)17-13-23-8-10-25(31)11-9-23)22-34-15-5-16-35(19-18-34)26-6-3-2-4-7-26/h2-4,6-12,14,20-21H,5,13,15-19,22H2,1H3. The highest BCUT2D eigenvalue weighted by Crippen LogP contribution is 2.23. The van der Waals surface area contributed by atoms with E-state index in [1.165, 1.54) is 24.9 Å². The number of methoxy groups -OCH3 is 1. The number of ether oxygens (including phenoxy) is 1. The largest absolute Gasteiger partial charge is 0.465 e. The van der Waals surface area contributed by atoms with Crippen molar-refractivity contribution >= 4 is 11.7 Å². The van der Waals surface area contributed by atoms with Gasteiger partial charge >= 0.3 is 5.97 Å². The number of imidazole rings is 1. The third kappa shape index (κ3) is 6.08. The van der Waals surface area contributed by atoms with Crippen molar-refractivity contribution in [1.29, 1.82) is 0 Å². The zero-order valence-corrected chi connectivity index (χ0v) is 21.6. The van der Waals surface area contributed by atoms with Gasteiger partial charge in [0.1, 0.15) is 11.5 Å². The second-order valence-corrected chi connectivity index (χ2v) is 9.47. The third-order valence-corrected chi connectivity index (χ3v) is 6.98. The molecule has 5 rings (SSSR count). The lowest BCUT2D eigenvalue weighted by molar-refractivity contribution is 0.0600. The normalized spacial score (nSPS) is 14.3. The number of esters is 1. The van der Waals surface area contributed by atoms with Gasteiger partial charge in [-0.2, -0.15) is 0 Å². The van der Waals surface area contributed by atoms with Gasteiger partial charge in [-0.05, 0) is 54.8 Å². The lowest BCUT2D eigenvalue weighted by Crippen LogP contribution is -2.31. The third-order valence-electron chi connectivity index (χ3n) is 6.98. The van der Waals surface area contributed by atoms with Crippen LogP contribution in [0.4, 0.5) is 10.1 Å². The van der Waals surface area contributed by atoms with Crippen molar-refractivity contribution < 1.29 is 13.9 Å². The van der Waals surface area contributed by atoms with Crippen LogP contribution in [-0.4, -0.2) is 58.7 Å². The molecular formula is C30H32FN5O2. The first-order valence-electron chi connectivity index (χ1n) is 13.0. The summed E-state index contributed by atoms with van der Waals surface area (Å²) < 4.78 is 20.5. The van der Waals surface area contributed by atoms with Gasteiger partial charge in [-0.25, -0.2) is 14.2 Å². The molecule has 0 radical (unpaired) electrons. The van der Waals surface area contributed by atoms with Gasteiger partial charge in [0.05, 0.1) is 24.6 Å². The molecular weight excluding hydrogens is 481 g/mol. The van der Waals surface area contributed by atoms with E-state index in [-0.39, 0.29) is 5.82 Å². The molecule has 0 aliphatic carbocycles. The highest BCUT2D eigenvalue weighted by Gasteiger charge is 2.20. The number of aryl methyl sites for hydroxylation is 1. The molecule has 8 heteroatoms. The number of aromatic nitrogens is 3. The van der Waals surface area contributed by atoms with Crippen molar-refractivity contribution in [2.24, 2.45) is 0 Å². The minimum Gasteiger partial charge on any atom is -0.465 e. The number of para-hydroxylation sites is 1. The monoisotopic (exact) mass is 513 g/mol. The van der Waals surface area contributed by atoms with Gasteiger partial charge in [0.25, 0.3) is 0 Å². The van der Waals surface area contributed by atoms with E-state index in [4.69, 9.17) is 9.72 Å². The number of halogens is 1. The zero-order valence-electron chi connectivity index (χ0n) is 21.6. The Morgan fingerprint density at radius 2 is 1.79 bits per heavy atom. The number of carbonyl (C=O) groups is 1. The summed E-state index contributed by atoms with van der Waals surface area (Å²) in [4.78, 5) is 26.3. The van der Waals surface area contributed by atoms with Crippen molar-refractivity contribution in [3.63, 3.8) is 0 Å². The van der Waals surface area contributed by atoms with Gasteiger partial charge in [-0.15, -0.1) is 0 Å². The Kier molecular flexibility index (Phi) is 8.09. The van der Waals surface area contributed by atoms with E-state index in [0.29, 0.717) is 23.6 Å². The second-order valence-electron chi connectivity index (χ2n) is 9.47. The maximum atomic E-state index is 13.4. The SMILES string of the molecule is COC(=O)c1ccnc(-c2ncc(CN3CCCN(c4ccccc4)CC3)n2CCc2ccc(F)cc2)c1. The van der Waals surface area contributed by atoms with Gasteiger partial charge in [-0.3, -0.25) is 9.88 Å². The van der Waals surface area contributed by atoms with Crippen LogP contribution in [0.15, 0.2) is 79.1 Å². The van der Waals surface area contributed by atoms with Crippen molar-refractivity contribution in [1.82, 2.24) is 19.4 Å². The van der Waals surface area contributed by atoms with E-state index in [2.05, 4.69) is 43.6 Å². The molecule has 0 spiro atoms. The molecule has 1 aliphatic heterocycles. The second kappa shape index (κ2) is 12.0. The molecule has 0 saturated carbocycles. The molecule has 38 heavy (non-hydrogen) atoms. The van der Waals surface area contributed by atoms with Crippen molar-refractivity contribution in [3.05, 3.63) is 102 Å². The Hall–Kier alpha value is -4.04. The van der Waals surface area contributed by atoms with Crippen LogP contribution < -0.4 is 4.90 Å². The van der Waals surface area contributed by atoms with Crippen LogP contribution in [-0.2, 0) is 24.2 Å². The summed E-state index contributed by atoms with van der Waals surface area (Å²) in [5.74, 6) is 0.0479. The minimum absolute atomic E-state index is 0.243. The number of carbonyl (C=O) groups excluding carboxylic acids is 1. The van der Waals surface area contributed by atoms with Crippen LogP contribution in [0.2, 0.25) is 0 Å². The Morgan fingerprint density at radius 1 is 0.974 bits per heavy atom. The molecule has 4 aromatic rings. The highest BCUT2D eigenvalue weighted by molar-refractivity contribution is 5.90. The van der Waals surface area contributed by atoms with Crippen LogP contribution in [0.25, 0.3) is 11.5 Å². The number of benzene rings is 2. The molecule has 3 heterocycles. The van der Waals surface area contributed by atoms with E-state index in [1.54, 1.807) is 18.3 Å². The Labute approximate surface area is 222 Å². The number of rotatable bonds is 8. The Balaban J connectivity index is 1.38. The number of pyridine rings is 1. The molecule has 2 aromatic heterocycles. The fraction of sp³-hybridized carbons (Fsp3) is 0.300. The predicted molar refractivity (Wildman–Crippen MR) is 145 cm³/mol. The molecule has 196 valence electrons. The van der Waals surface area contributed by atoms with Crippen LogP contribution in [0.1, 0.15) is 28.0 Å². The first-order chi connectivity index (χ1) is 18.6. The van der Waals surface area contributed by atoms with Crippen molar-refractivity contribution in [2.45, 2.75) is 25.9 Å². The summed E-state index contributed by atoms with van der Waals surface area (Å²) in [6.07, 6.45) is 5.31. The molecule has 1 saturated heterocycles. The molecule has 2 aromatic carbocycles. The summed E-state index contributed by atoms with van der Waals surface area (Å²) in [5, 5.41) is 0. The van der Waals surface area contributed by atoms with Crippen molar-refractivity contribution in [3.8, 4) is 11.5 Å². The predicted octanol–water partition coefficient (Wildman–Crippen LogP) is 4.83. The molecule has 1 aliphatic rings. The lowest BCUT2D eigenvalue weighted by atomic mass is 10.1. The molecule has 0 bridgehead atoms. The van der Waals surface area contributed by atoms with Gasteiger partial charge < -0.3 is 14.2 Å². The molecule has 7 nitrogen and oxygen atoms in total. The number of hydrogen-bond acceptors (Lipinski definition) is 6. The highest BCUT2D eigenvalue weighted by atomic mass is 19.1. The molecule has 1 fully saturated rings. The maximum Gasteiger partial charge on any atom is 0.337 e. The van der Waals surface area contributed by atoms with Gasteiger partial charge in [0.2, 0.25) is 0 Å². The topological polar surface area (TPSA) is 63.5 Å². The fourth-order valence-electron chi connectivity index (χ4n) is 4.94. The van der Waals surface area contributed by atoms with E-state index < -0.39 is 5.97 Å². The fourth-order valence-corrected chi connectivity index (χ4v) is 4.94. The summed E-state index contributed by atoms with van der Waals surface area (Å²) in [6, 6.07) is 20.5. The van der Waals surface area contributed by atoms with Gasteiger partial charge in [-0.1, -0.05) is 30.3 Å². The summed E-state index contributed by atoms with van der Waals surface area (Å²) in [7, 11) is 1.37. The van der Waals surface area contributed by atoms with Crippen LogP contribution in [0.5, 0.6) is 0 Å². The lowest BCUT2D eigenvalue weighted by Gasteiger charge is -2.24. The van der Waals surface area contributed by atoms with Gasteiger partial charge in [0, 0.05) is 51.2 Å². The zero-order chi connectivity index (χ0) is 26.3. The quantitative estimate of drug-likeness (QED) is 0.315. The summed E-state index contributed by atoms with van der Waals surface area (Å²) >= 11 is 0. The molecule has 0 atom stereocenters. The van der Waals surface area contributed by atoms with Crippen LogP contribution >= 0.6 is 0 Å².